The second-order valence-electron chi connectivity index (χ2n) is 14.5. The summed E-state index contributed by atoms with van der Waals surface area (Å²) < 4.78 is 10.8. The summed E-state index contributed by atoms with van der Waals surface area (Å²) in [7, 11) is 0. The molecule has 0 aromatic heterocycles. The first kappa shape index (κ1) is 38.4. The van der Waals surface area contributed by atoms with Gasteiger partial charge in [0.25, 0.3) is 0 Å². The van der Waals surface area contributed by atoms with Crippen LogP contribution in [0.25, 0.3) is 4.91 Å². The molecule has 1 aromatic rings. The molecule has 0 saturated carbocycles. The molecular weight excluding hydrogens is 655 g/mol. The molecule has 1 aromatic carbocycles. The highest BCUT2D eigenvalue weighted by Crippen LogP contribution is 2.44. The van der Waals surface area contributed by atoms with Gasteiger partial charge in [-0.3, -0.25) is 14.9 Å². The Bertz CT molecular complexity index is 1580. The van der Waals surface area contributed by atoms with Gasteiger partial charge in [-0.05, 0) is 91.8 Å². The molecule has 3 N–H and O–H groups in total. The van der Waals surface area contributed by atoms with E-state index in [0.717, 1.165) is 27.6 Å². The third-order valence-electron chi connectivity index (χ3n) is 7.90. The summed E-state index contributed by atoms with van der Waals surface area (Å²) in [4.78, 5) is 57.1. The Kier molecular flexibility index (Phi) is 12.7. The van der Waals surface area contributed by atoms with Gasteiger partial charge in [-0.25, -0.2) is 9.59 Å². The summed E-state index contributed by atoms with van der Waals surface area (Å²) in [6, 6.07) is 6.02. The fourth-order valence-corrected chi connectivity index (χ4v) is 6.58. The molecular formula is C38H51N5O6S. The first-order chi connectivity index (χ1) is 23.5. The number of rotatable bonds is 9. The highest BCUT2D eigenvalue weighted by atomic mass is 32.2. The van der Waals surface area contributed by atoms with Crippen LogP contribution in [0.1, 0.15) is 86.6 Å². The maximum absolute atomic E-state index is 13.8. The van der Waals surface area contributed by atoms with E-state index in [1.54, 1.807) is 37.4 Å². The first-order valence-corrected chi connectivity index (χ1v) is 17.9. The molecule has 4 rings (SSSR count). The second-order valence-corrected chi connectivity index (χ2v) is 15.6. The van der Waals surface area contributed by atoms with Crippen molar-refractivity contribution in [2.75, 3.05) is 11.9 Å². The van der Waals surface area contributed by atoms with Gasteiger partial charge < -0.3 is 29.9 Å². The lowest BCUT2D eigenvalue weighted by Crippen LogP contribution is -2.54. The van der Waals surface area contributed by atoms with Gasteiger partial charge in [-0.15, -0.1) is 0 Å². The number of thioether (sulfide) groups is 1. The van der Waals surface area contributed by atoms with Crippen LogP contribution in [0, 0.1) is 5.92 Å². The molecule has 3 aliphatic rings. The standard InChI is InChI=1S/C38H51N5O6S/c1-9-10-11-12-14-28(41-36(47)49-38(6,7)8)34(45)43-22-13-15-30(43)33(44)40-29-23-42-24-31(50-32(42)21-16-25(29)2)26-17-19-27(20-18-26)39-35(46)48-37(3,4)5/h9-12,17-21,23-25,28,30H,13-16,22H2,1-8H3,(H,39,46)(H,40,44)(H,41,47). The molecule has 3 aliphatic heterocycles. The van der Waals surface area contributed by atoms with Gasteiger partial charge in [-0.1, -0.05) is 61.2 Å². The minimum absolute atomic E-state index is 0.0385. The molecule has 3 unspecified atom stereocenters. The number of amides is 4. The van der Waals surface area contributed by atoms with Crippen LogP contribution in [0.3, 0.4) is 0 Å². The second kappa shape index (κ2) is 16.5. The molecule has 3 heterocycles. The number of nitrogens with zero attached hydrogens (tertiary/aromatic N) is 2. The molecule has 0 bridgehead atoms. The van der Waals surface area contributed by atoms with Crippen LogP contribution in [0.5, 0.6) is 0 Å². The van der Waals surface area contributed by atoms with E-state index in [-0.39, 0.29) is 24.2 Å². The normalized spacial score (nSPS) is 20.0. The number of hydrogen-bond acceptors (Lipinski definition) is 8. The van der Waals surface area contributed by atoms with Gasteiger partial charge >= 0.3 is 12.2 Å². The lowest BCUT2D eigenvalue weighted by Gasteiger charge is -2.29. The van der Waals surface area contributed by atoms with Crippen LogP contribution in [0.15, 0.2) is 77.8 Å². The molecule has 1 fully saturated rings. The topological polar surface area (TPSA) is 129 Å². The number of benzene rings is 1. The summed E-state index contributed by atoms with van der Waals surface area (Å²) in [5, 5.41) is 9.66. The number of anilines is 1. The van der Waals surface area contributed by atoms with Crippen molar-refractivity contribution in [2.24, 2.45) is 5.92 Å². The third kappa shape index (κ3) is 11.0. The molecule has 0 radical (unpaired) electrons. The fraction of sp³-hybridized carbons (Fsp3) is 0.474. The molecule has 12 heteroatoms. The highest BCUT2D eigenvalue weighted by molar-refractivity contribution is 8.12. The number of alkyl carbamates (subject to hydrolysis) is 1. The van der Waals surface area contributed by atoms with E-state index in [1.807, 2.05) is 93.6 Å². The van der Waals surface area contributed by atoms with E-state index >= 15 is 0 Å². The number of nitrogens with one attached hydrogen (secondary N) is 3. The van der Waals surface area contributed by atoms with Crippen molar-refractivity contribution in [2.45, 2.75) is 104 Å². The third-order valence-corrected chi connectivity index (χ3v) is 9.05. The number of ether oxygens (including phenoxy) is 2. The average molecular weight is 706 g/mol. The summed E-state index contributed by atoms with van der Waals surface area (Å²) in [6.07, 6.45) is 14.5. The van der Waals surface area contributed by atoms with Crippen molar-refractivity contribution in [3.8, 4) is 0 Å². The summed E-state index contributed by atoms with van der Waals surface area (Å²) in [5.41, 5.74) is 1.07. The minimum Gasteiger partial charge on any atom is -0.444 e. The number of carbonyl (C=O) groups excluding carboxylic acids is 4. The predicted octanol–water partition coefficient (Wildman–Crippen LogP) is 7.63. The molecule has 4 amide bonds. The molecule has 50 heavy (non-hydrogen) atoms. The zero-order valence-corrected chi connectivity index (χ0v) is 31.2. The van der Waals surface area contributed by atoms with Crippen molar-refractivity contribution >= 4 is 46.4 Å². The van der Waals surface area contributed by atoms with Crippen molar-refractivity contribution in [1.29, 1.82) is 0 Å². The Hall–Kier alpha value is -4.45. The smallest absolute Gasteiger partial charge is 0.412 e. The van der Waals surface area contributed by atoms with Crippen molar-refractivity contribution < 1.29 is 28.7 Å². The van der Waals surface area contributed by atoms with E-state index in [2.05, 4.69) is 29.0 Å². The lowest BCUT2D eigenvalue weighted by molar-refractivity contribution is -0.139. The Morgan fingerprint density at radius 2 is 1.64 bits per heavy atom. The number of carbonyl (C=O) groups is 4. The molecule has 11 nitrogen and oxygen atoms in total. The number of fused-ring (bicyclic) bond motifs is 1. The monoisotopic (exact) mass is 705 g/mol. The number of hydrogen-bond donors (Lipinski definition) is 3. The van der Waals surface area contributed by atoms with Gasteiger partial charge in [0.1, 0.15) is 23.3 Å². The zero-order valence-electron chi connectivity index (χ0n) is 30.4. The van der Waals surface area contributed by atoms with Crippen molar-refractivity contribution in [1.82, 2.24) is 20.4 Å². The van der Waals surface area contributed by atoms with Gasteiger partial charge in [0, 0.05) is 41.2 Å². The van der Waals surface area contributed by atoms with Crippen LogP contribution in [0.4, 0.5) is 15.3 Å². The predicted molar refractivity (Wildman–Crippen MR) is 198 cm³/mol. The van der Waals surface area contributed by atoms with E-state index in [0.29, 0.717) is 25.1 Å². The Morgan fingerprint density at radius 3 is 2.30 bits per heavy atom. The van der Waals surface area contributed by atoms with Gasteiger partial charge in [0.15, 0.2) is 0 Å². The maximum atomic E-state index is 13.8. The highest BCUT2D eigenvalue weighted by Gasteiger charge is 2.38. The molecule has 3 atom stereocenters. The van der Waals surface area contributed by atoms with Crippen LogP contribution in [-0.4, -0.2) is 63.6 Å². The van der Waals surface area contributed by atoms with Crippen LogP contribution < -0.4 is 16.0 Å². The van der Waals surface area contributed by atoms with Gasteiger partial charge in [0.2, 0.25) is 11.8 Å². The summed E-state index contributed by atoms with van der Waals surface area (Å²) in [6.45, 7) is 15.1. The Balaban J connectivity index is 1.45. The zero-order chi connectivity index (χ0) is 36.6. The van der Waals surface area contributed by atoms with Crippen molar-refractivity contribution in [3.05, 3.63) is 83.3 Å². The number of allylic oxidation sites excluding steroid dienone is 5. The van der Waals surface area contributed by atoms with Crippen LogP contribution in [-0.2, 0) is 19.1 Å². The van der Waals surface area contributed by atoms with Crippen molar-refractivity contribution in [3.63, 3.8) is 0 Å². The molecule has 0 spiro atoms. The fourth-order valence-electron chi connectivity index (χ4n) is 5.54. The largest absolute Gasteiger partial charge is 0.444 e. The van der Waals surface area contributed by atoms with E-state index in [9.17, 15) is 19.2 Å². The Morgan fingerprint density at radius 1 is 0.960 bits per heavy atom. The minimum atomic E-state index is -0.880. The molecule has 1 saturated heterocycles. The van der Waals surface area contributed by atoms with E-state index in [4.69, 9.17) is 9.47 Å². The van der Waals surface area contributed by atoms with Gasteiger partial charge in [-0.2, -0.15) is 0 Å². The molecule has 0 aliphatic carbocycles. The summed E-state index contributed by atoms with van der Waals surface area (Å²) in [5.74, 6) is -0.528. The van der Waals surface area contributed by atoms with Crippen LogP contribution >= 0.6 is 11.8 Å². The average Bonchev–Trinajstić information content (AvgIpc) is 3.64. The maximum Gasteiger partial charge on any atom is 0.412 e. The SMILES string of the molecule is CC=CC=CCC(NC(=O)OC(C)(C)C)C(=O)N1CCCC1C(=O)NC1=CN2C=C(c3ccc(NC(=O)OC(C)(C)C)cc3)SC2=CCC1C. The number of likely N-dealkylation sites (tertiary alicyclic amines) is 1. The molecule has 270 valence electrons. The quantitative estimate of drug-likeness (QED) is 0.224. The first-order valence-electron chi connectivity index (χ1n) is 17.1. The van der Waals surface area contributed by atoms with E-state index < -0.39 is 35.5 Å². The van der Waals surface area contributed by atoms with E-state index in [1.165, 1.54) is 0 Å². The Labute approximate surface area is 300 Å². The van der Waals surface area contributed by atoms with Gasteiger partial charge in [0.05, 0.1) is 5.03 Å². The summed E-state index contributed by atoms with van der Waals surface area (Å²) >= 11 is 1.63. The van der Waals surface area contributed by atoms with Crippen LogP contribution in [0.2, 0.25) is 0 Å². The lowest BCUT2D eigenvalue weighted by atomic mass is 10.0.